The van der Waals surface area contributed by atoms with Gasteiger partial charge in [0.15, 0.2) is 0 Å². The second-order valence-corrected chi connectivity index (χ2v) is 6.02. The summed E-state index contributed by atoms with van der Waals surface area (Å²) in [6, 6.07) is 3.81. The van der Waals surface area contributed by atoms with E-state index in [-0.39, 0.29) is 5.41 Å². The van der Waals surface area contributed by atoms with E-state index in [0.29, 0.717) is 6.04 Å². The topological polar surface area (TPSA) is 39.1 Å². The monoisotopic (exact) mass is 237 g/mol. The molecule has 0 unspecified atom stereocenters. The van der Waals surface area contributed by atoms with Gasteiger partial charge in [-0.05, 0) is 66.6 Å². The molecule has 0 aromatic heterocycles. The Kier molecular flexibility index (Phi) is 5.42. The number of nitrogens with one attached hydrogen (secondary N) is 1. The summed E-state index contributed by atoms with van der Waals surface area (Å²) >= 11 is 0. The van der Waals surface area contributed by atoms with Crippen LogP contribution in [0.3, 0.4) is 0 Å². The molecule has 0 atom stereocenters. The third-order valence-electron chi connectivity index (χ3n) is 4.12. The molecule has 17 heavy (non-hydrogen) atoms. The van der Waals surface area contributed by atoms with Crippen LogP contribution >= 0.6 is 0 Å². The fraction of sp³-hybridized carbons (Fsp3) is 0.929. The highest BCUT2D eigenvalue weighted by Gasteiger charge is 2.24. The molecule has 1 saturated carbocycles. The van der Waals surface area contributed by atoms with Crippen LogP contribution in [0.4, 0.5) is 0 Å². The normalized spacial score (nSPS) is 25.9. The molecule has 3 nitrogen and oxygen atoms in total. The van der Waals surface area contributed by atoms with Crippen LogP contribution in [0.25, 0.3) is 0 Å². The second kappa shape index (κ2) is 6.37. The molecule has 0 aliphatic heterocycles. The fourth-order valence-corrected chi connectivity index (χ4v) is 2.50. The van der Waals surface area contributed by atoms with Crippen molar-refractivity contribution in [2.24, 2.45) is 5.41 Å². The Labute approximate surface area is 106 Å². The number of nitriles is 1. The average molecular weight is 237 g/mol. The van der Waals surface area contributed by atoms with Gasteiger partial charge in [-0.1, -0.05) is 0 Å². The molecule has 0 amide bonds. The number of nitrogens with zero attached hydrogens (tertiary/aromatic N) is 2. The number of hydrogen-bond donors (Lipinski definition) is 1. The Balaban J connectivity index is 2.30. The first-order valence-corrected chi connectivity index (χ1v) is 6.77. The molecule has 0 saturated heterocycles. The van der Waals surface area contributed by atoms with E-state index in [2.05, 4.69) is 30.4 Å². The molecule has 1 N–H and O–H groups in total. The van der Waals surface area contributed by atoms with Crippen molar-refractivity contribution in [3.63, 3.8) is 0 Å². The minimum atomic E-state index is -0.184. The predicted octanol–water partition coefficient (Wildman–Crippen LogP) is 2.39. The summed E-state index contributed by atoms with van der Waals surface area (Å²) in [7, 11) is 4.27. The van der Waals surface area contributed by atoms with Crippen LogP contribution in [-0.4, -0.2) is 37.6 Å². The smallest absolute Gasteiger partial charge is 0.0684 e. The zero-order valence-corrected chi connectivity index (χ0v) is 11.8. The molecule has 0 radical (unpaired) electrons. The zero-order valence-electron chi connectivity index (χ0n) is 11.8. The second-order valence-electron chi connectivity index (χ2n) is 6.02. The molecule has 0 aromatic carbocycles. The number of hydrogen-bond acceptors (Lipinski definition) is 3. The molecule has 0 spiro atoms. The highest BCUT2D eigenvalue weighted by molar-refractivity contribution is 4.92. The molecule has 1 aliphatic carbocycles. The van der Waals surface area contributed by atoms with Crippen LogP contribution in [-0.2, 0) is 0 Å². The lowest BCUT2D eigenvalue weighted by Gasteiger charge is -2.35. The summed E-state index contributed by atoms with van der Waals surface area (Å²) in [6.07, 6.45) is 6.11. The summed E-state index contributed by atoms with van der Waals surface area (Å²) in [5.74, 6) is 0. The van der Waals surface area contributed by atoms with Gasteiger partial charge < -0.3 is 10.2 Å². The first-order chi connectivity index (χ1) is 7.98. The first-order valence-electron chi connectivity index (χ1n) is 6.77. The number of rotatable bonds is 5. The predicted molar refractivity (Wildman–Crippen MR) is 71.7 cm³/mol. The third-order valence-corrected chi connectivity index (χ3v) is 4.12. The molecule has 1 fully saturated rings. The Hall–Kier alpha value is -0.590. The quantitative estimate of drug-likeness (QED) is 0.798. The van der Waals surface area contributed by atoms with E-state index < -0.39 is 0 Å². The molecular formula is C14H27N3. The lowest BCUT2D eigenvalue weighted by atomic mass is 9.88. The van der Waals surface area contributed by atoms with Gasteiger partial charge in [0.25, 0.3) is 0 Å². The van der Waals surface area contributed by atoms with Crippen LogP contribution in [0.15, 0.2) is 0 Å². The van der Waals surface area contributed by atoms with Crippen molar-refractivity contribution in [1.29, 1.82) is 5.26 Å². The van der Waals surface area contributed by atoms with E-state index in [1.54, 1.807) is 0 Å². The van der Waals surface area contributed by atoms with Gasteiger partial charge in [-0.25, -0.2) is 0 Å². The van der Waals surface area contributed by atoms with Gasteiger partial charge in [-0.15, -0.1) is 0 Å². The van der Waals surface area contributed by atoms with E-state index in [9.17, 15) is 0 Å². The third kappa shape index (κ3) is 4.65. The molecule has 0 heterocycles. The Morgan fingerprint density at radius 2 is 1.88 bits per heavy atom. The fourth-order valence-electron chi connectivity index (χ4n) is 2.50. The van der Waals surface area contributed by atoms with Crippen molar-refractivity contribution in [2.45, 2.75) is 58.0 Å². The summed E-state index contributed by atoms with van der Waals surface area (Å²) in [6.45, 7) is 5.09. The molecule has 1 aliphatic rings. The SMILES string of the molecule is CNC1CCC(N(C)CCC(C)(C)C#N)CC1. The average Bonchev–Trinajstić information content (AvgIpc) is 2.36. The first kappa shape index (κ1) is 14.5. The summed E-state index contributed by atoms with van der Waals surface area (Å²) in [5.41, 5.74) is -0.184. The van der Waals surface area contributed by atoms with E-state index in [0.717, 1.165) is 19.0 Å². The lowest BCUT2D eigenvalue weighted by molar-refractivity contribution is 0.163. The van der Waals surface area contributed by atoms with E-state index in [1.807, 2.05) is 13.8 Å². The minimum absolute atomic E-state index is 0.184. The van der Waals surface area contributed by atoms with Crippen molar-refractivity contribution < 1.29 is 0 Å². The molecule has 0 aromatic rings. The van der Waals surface area contributed by atoms with Crippen LogP contribution in [0.5, 0.6) is 0 Å². The molecule has 1 rings (SSSR count). The van der Waals surface area contributed by atoms with Crippen LogP contribution in [0.2, 0.25) is 0 Å². The van der Waals surface area contributed by atoms with Gasteiger partial charge in [0, 0.05) is 12.1 Å². The van der Waals surface area contributed by atoms with E-state index in [1.165, 1.54) is 25.7 Å². The van der Waals surface area contributed by atoms with Crippen molar-refractivity contribution >= 4 is 0 Å². The highest BCUT2D eigenvalue weighted by Crippen LogP contribution is 2.24. The van der Waals surface area contributed by atoms with Gasteiger partial charge >= 0.3 is 0 Å². The van der Waals surface area contributed by atoms with Crippen LogP contribution in [0.1, 0.15) is 46.0 Å². The highest BCUT2D eigenvalue weighted by atomic mass is 15.1. The Morgan fingerprint density at radius 3 is 2.35 bits per heavy atom. The maximum absolute atomic E-state index is 9.01. The van der Waals surface area contributed by atoms with Gasteiger partial charge in [0.05, 0.1) is 11.5 Å². The molecule has 0 bridgehead atoms. The van der Waals surface area contributed by atoms with Gasteiger partial charge in [0.1, 0.15) is 0 Å². The van der Waals surface area contributed by atoms with Crippen molar-refractivity contribution in [3.8, 4) is 6.07 Å². The standard InChI is InChI=1S/C14H27N3/c1-14(2,11-15)9-10-17(4)13-7-5-12(16-3)6-8-13/h12-13,16H,5-10H2,1-4H3. The van der Waals surface area contributed by atoms with E-state index >= 15 is 0 Å². The van der Waals surface area contributed by atoms with Crippen LogP contribution in [0, 0.1) is 16.7 Å². The van der Waals surface area contributed by atoms with Crippen LogP contribution < -0.4 is 5.32 Å². The molecular weight excluding hydrogens is 210 g/mol. The van der Waals surface area contributed by atoms with Gasteiger partial charge in [0.2, 0.25) is 0 Å². The molecule has 3 heteroatoms. The largest absolute Gasteiger partial charge is 0.317 e. The maximum Gasteiger partial charge on any atom is 0.0684 e. The Morgan fingerprint density at radius 1 is 1.29 bits per heavy atom. The summed E-state index contributed by atoms with van der Waals surface area (Å²) < 4.78 is 0. The van der Waals surface area contributed by atoms with Gasteiger partial charge in [-0.2, -0.15) is 5.26 Å². The summed E-state index contributed by atoms with van der Waals surface area (Å²) in [4.78, 5) is 2.45. The zero-order chi connectivity index (χ0) is 12.9. The Bertz CT molecular complexity index is 259. The van der Waals surface area contributed by atoms with Gasteiger partial charge in [-0.3, -0.25) is 0 Å². The van der Waals surface area contributed by atoms with Crippen molar-refractivity contribution in [2.75, 3.05) is 20.6 Å². The van der Waals surface area contributed by atoms with Crippen molar-refractivity contribution in [1.82, 2.24) is 10.2 Å². The minimum Gasteiger partial charge on any atom is -0.317 e. The molecule has 98 valence electrons. The summed E-state index contributed by atoms with van der Waals surface area (Å²) in [5, 5.41) is 12.4. The lowest BCUT2D eigenvalue weighted by Crippen LogP contribution is -2.40. The van der Waals surface area contributed by atoms with E-state index in [4.69, 9.17) is 5.26 Å². The maximum atomic E-state index is 9.01. The van der Waals surface area contributed by atoms with Crippen molar-refractivity contribution in [3.05, 3.63) is 0 Å².